The maximum absolute atomic E-state index is 13.3. The van der Waals surface area contributed by atoms with Gasteiger partial charge in [0.25, 0.3) is 11.5 Å². The second kappa shape index (κ2) is 7.73. The lowest BCUT2D eigenvalue weighted by atomic mass is 10.2. The van der Waals surface area contributed by atoms with Crippen LogP contribution in [0.25, 0.3) is 15.9 Å². The summed E-state index contributed by atoms with van der Waals surface area (Å²) in [5.74, 6) is -0.0678. The molecule has 3 aromatic rings. The number of benzene rings is 1. The first-order valence-electron chi connectivity index (χ1n) is 9.36. The summed E-state index contributed by atoms with van der Waals surface area (Å²) in [6.45, 7) is 3.99. The van der Waals surface area contributed by atoms with Crippen LogP contribution in [-0.4, -0.2) is 46.8 Å². The Bertz CT molecular complexity index is 1240. The van der Waals surface area contributed by atoms with E-state index in [-0.39, 0.29) is 11.5 Å². The number of halogens is 1. The molecule has 2 aromatic heterocycles. The van der Waals surface area contributed by atoms with Crippen molar-refractivity contribution in [3.63, 3.8) is 0 Å². The van der Waals surface area contributed by atoms with E-state index in [0.717, 1.165) is 11.3 Å². The fraction of sp³-hybridized carbons (Fsp3) is 0.250. The number of thiophene rings is 1. The minimum absolute atomic E-state index is 0.0678. The SMILES string of the molecule is Cc1c(C(=O)N2CCOCC2)sc2nc3n(c(=O)c12)NC(c1ccc(Cl)cc1)=CS3. The summed E-state index contributed by atoms with van der Waals surface area (Å²) >= 11 is 8.62. The Morgan fingerprint density at radius 3 is 2.70 bits per heavy atom. The number of aryl methyl sites for hydroxylation is 1. The lowest BCUT2D eigenvalue weighted by molar-refractivity contribution is 0.0306. The molecule has 154 valence electrons. The fourth-order valence-electron chi connectivity index (χ4n) is 3.48. The van der Waals surface area contributed by atoms with Crippen molar-refractivity contribution in [1.29, 1.82) is 0 Å². The average molecular weight is 461 g/mol. The molecule has 2 aliphatic heterocycles. The van der Waals surface area contributed by atoms with Crippen molar-refractivity contribution in [1.82, 2.24) is 14.6 Å². The van der Waals surface area contributed by atoms with Gasteiger partial charge in [-0.25, -0.2) is 4.98 Å². The van der Waals surface area contributed by atoms with Crippen LogP contribution >= 0.6 is 34.7 Å². The second-order valence-electron chi connectivity index (χ2n) is 6.94. The molecular weight excluding hydrogens is 444 g/mol. The molecule has 7 nitrogen and oxygen atoms in total. The third-order valence-corrected chi connectivity index (χ3v) is 7.36. The molecule has 0 spiro atoms. The first-order chi connectivity index (χ1) is 14.5. The molecule has 0 atom stereocenters. The lowest BCUT2D eigenvalue weighted by Gasteiger charge is -2.26. The molecule has 0 radical (unpaired) electrons. The molecule has 5 rings (SSSR count). The number of hydrogen-bond donors (Lipinski definition) is 1. The highest BCUT2D eigenvalue weighted by molar-refractivity contribution is 8.02. The van der Waals surface area contributed by atoms with Gasteiger partial charge in [-0.15, -0.1) is 11.3 Å². The summed E-state index contributed by atoms with van der Waals surface area (Å²) in [6, 6.07) is 7.38. The van der Waals surface area contributed by atoms with E-state index >= 15 is 0 Å². The highest BCUT2D eigenvalue weighted by atomic mass is 35.5. The van der Waals surface area contributed by atoms with E-state index in [1.54, 1.807) is 17.0 Å². The normalized spacial score (nSPS) is 16.2. The van der Waals surface area contributed by atoms with Crippen LogP contribution in [0.5, 0.6) is 0 Å². The number of amides is 1. The topological polar surface area (TPSA) is 76.5 Å². The van der Waals surface area contributed by atoms with Crippen LogP contribution in [-0.2, 0) is 4.74 Å². The number of carbonyl (C=O) groups excluding carboxylic acids is 1. The zero-order valence-corrected chi connectivity index (χ0v) is 18.4. The van der Waals surface area contributed by atoms with Gasteiger partial charge in [0.05, 0.1) is 29.2 Å². The van der Waals surface area contributed by atoms with Crippen molar-refractivity contribution < 1.29 is 9.53 Å². The molecule has 0 bridgehead atoms. The predicted octanol–water partition coefficient (Wildman–Crippen LogP) is 3.54. The highest BCUT2D eigenvalue weighted by Gasteiger charge is 2.27. The molecule has 1 saturated heterocycles. The summed E-state index contributed by atoms with van der Waals surface area (Å²) < 4.78 is 6.78. The van der Waals surface area contributed by atoms with Crippen LogP contribution in [0.4, 0.5) is 0 Å². The maximum Gasteiger partial charge on any atom is 0.282 e. The number of rotatable bonds is 2. The fourth-order valence-corrected chi connectivity index (χ4v) is 5.59. The highest BCUT2D eigenvalue weighted by Crippen LogP contribution is 2.33. The molecule has 1 N–H and O–H groups in total. The van der Waals surface area contributed by atoms with Crippen LogP contribution in [0.15, 0.2) is 39.6 Å². The Labute approximate surface area is 185 Å². The van der Waals surface area contributed by atoms with E-state index < -0.39 is 0 Å². The number of nitrogens with one attached hydrogen (secondary N) is 1. The lowest BCUT2D eigenvalue weighted by Crippen LogP contribution is -2.40. The number of morpholine rings is 1. The largest absolute Gasteiger partial charge is 0.378 e. The minimum atomic E-state index is -0.211. The van der Waals surface area contributed by atoms with Crippen molar-refractivity contribution in [2.45, 2.75) is 12.1 Å². The van der Waals surface area contributed by atoms with Crippen molar-refractivity contribution in [2.24, 2.45) is 0 Å². The van der Waals surface area contributed by atoms with Gasteiger partial charge in [0.2, 0.25) is 0 Å². The Kier molecular flexibility index (Phi) is 5.06. The van der Waals surface area contributed by atoms with E-state index in [1.165, 1.54) is 27.8 Å². The third kappa shape index (κ3) is 3.31. The second-order valence-corrected chi connectivity index (χ2v) is 9.22. The number of thioether (sulfide) groups is 1. The monoisotopic (exact) mass is 460 g/mol. The Balaban J connectivity index is 1.54. The number of carbonyl (C=O) groups is 1. The summed E-state index contributed by atoms with van der Waals surface area (Å²) in [7, 11) is 0. The van der Waals surface area contributed by atoms with Gasteiger partial charge in [-0.2, -0.15) is 4.68 Å². The van der Waals surface area contributed by atoms with E-state index in [2.05, 4.69) is 10.4 Å². The van der Waals surface area contributed by atoms with Crippen LogP contribution in [0.3, 0.4) is 0 Å². The minimum Gasteiger partial charge on any atom is -0.378 e. The van der Waals surface area contributed by atoms with Crippen molar-refractivity contribution in [3.8, 4) is 0 Å². The van der Waals surface area contributed by atoms with Crippen LogP contribution < -0.4 is 11.0 Å². The smallest absolute Gasteiger partial charge is 0.282 e. The molecule has 1 amide bonds. The van der Waals surface area contributed by atoms with E-state index in [9.17, 15) is 9.59 Å². The Morgan fingerprint density at radius 2 is 1.97 bits per heavy atom. The standard InChI is InChI=1S/C20H17ClN4O3S2/c1-11-15-17(30-16(11)19(27)24-6-8-28-9-7-24)22-20-25(18(15)26)23-14(10-29-20)12-2-4-13(21)5-3-12/h2-5,10,23H,6-9H2,1H3. The van der Waals surface area contributed by atoms with Gasteiger partial charge in [0, 0.05) is 29.1 Å². The quantitative estimate of drug-likeness (QED) is 0.589. The van der Waals surface area contributed by atoms with Crippen molar-refractivity contribution in [3.05, 3.63) is 61.1 Å². The predicted molar refractivity (Wildman–Crippen MR) is 120 cm³/mol. The number of aromatic nitrogens is 2. The molecule has 0 aliphatic carbocycles. The van der Waals surface area contributed by atoms with E-state index in [1.807, 2.05) is 24.5 Å². The van der Waals surface area contributed by atoms with Crippen LogP contribution in [0.2, 0.25) is 5.02 Å². The summed E-state index contributed by atoms with van der Waals surface area (Å²) in [6.07, 6.45) is 0. The number of fused-ring (bicyclic) bond motifs is 2. The Morgan fingerprint density at radius 1 is 1.23 bits per heavy atom. The van der Waals surface area contributed by atoms with Gasteiger partial charge in [0.15, 0.2) is 5.16 Å². The molecule has 2 aliphatic rings. The van der Waals surface area contributed by atoms with Gasteiger partial charge in [0.1, 0.15) is 4.83 Å². The van der Waals surface area contributed by atoms with Gasteiger partial charge >= 0.3 is 0 Å². The van der Waals surface area contributed by atoms with Gasteiger partial charge < -0.3 is 9.64 Å². The summed E-state index contributed by atoms with van der Waals surface area (Å²) in [5.41, 5.74) is 5.31. The van der Waals surface area contributed by atoms with E-state index in [4.69, 9.17) is 16.3 Å². The van der Waals surface area contributed by atoms with Crippen molar-refractivity contribution in [2.75, 3.05) is 31.7 Å². The number of ether oxygens (including phenoxy) is 1. The van der Waals surface area contributed by atoms with Crippen molar-refractivity contribution >= 4 is 56.5 Å². The van der Waals surface area contributed by atoms with Gasteiger partial charge in [-0.1, -0.05) is 35.5 Å². The number of hydrogen-bond acceptors (Lipinski definition) is 7. The Hall–Kier alpha value is -2.33. The van der Waals surface area contributed by atoms with Gasteiger partial charge in [-0.05, 0) is 24.6 Å². The summed E-state index contributed by atoms with van der Waals surface area (Å²) in [5, 5.41) is 3.58. The number of nitrogens with zero attached hydrogens (tertiary/aromatic N) is 3. The van der Waals surface area contributed by atoms with Gasteiger partial charge in [-0.3, -0.25) is 15.0 Å². The average Bonchev–Trinajstić information content (AvgIpc) is 3.11. The first kappa shape index (κ1) is 19.6. The molecule has 4 heterocycles. The molecular formula is C20H17ClN4O3S2. The third-order valence-electron chi connectivity index (χ3n) is 5.10. The molecule has 1 aromatic carbocycles. The van der Waals surface area contributed by atoms with Crippen LogP contribution in [0.1, 0.15) is 20.8 Å². The summed E-state index contributed by atoms with van der Waals surface area (Å²) in [4.78, 5) is 33.9. The molecule has 0 unspecified atom stereocenters. The van der Waals surface area contributed by atoms with E-state index in [0.29, 0.717) is 57.1 Å². The zero-order valence-electron chi connectivity index (χ0n) is 16.0. The molecule has 1 fully saturated rings. The van der Waals surface area contributed by atoms with Crippen LogP contribution in [0, 0.1) is 6.92 Å². The zero-order chi connectivity index (χ0) is 20.8. The molecule has 10 heteroatoms. The molecule has 0 saturated carbocycles. The maximum atomic E-state index is 13.3. The molecule has 30 heavy (non-hydrogen) atoms. The first-order valence-corrected chi connectivity index (χ1v) is 11.4.